The van der Waals surface area contributed by atoms with Gasteiger partial charge in [0, 0.05) is 18.0 Å². The van der Waals surface area contributed by atoms with Crippen LogP contribution in [0.15, 0.2) is 22.1 Å². The summed E-state index contributed by atoms with van der Waals surface area (Å²) in [6, 6.07) is 1.64. The van der Waals surface area contributed by atoms with Crippen LogP contribution in [0.2, 0.25) is 0 Å². The average Bonchev–Trinajstić information content (AvgIpc) is 3.06. The Labute approximate surface area is 128 Å². The normalized spacial score (nSPS) is 12.6. The van der Waals surface area contributed by atoms with Crippen molar-refractivity contribution in [2.45, 2.75) is 33.2 Å². The number of hydrogen-bond donors (Lipinski definition) is 2. The number of rotatable bonds is 6. The van der Waals surface area contributed by atoms with Crippen molar-refractivity contribution in [1.29, 1.82) is 0 Å². The zero-order chi connectivity index (χ0) is 15.4. The third-order valence-electron chi connectivity index (χ3n) is 3.29. The number of hydrogen-bond acceptors (Lipinski definition) is 5. The Balaban J connectivity index is 2.08. The maximum atomic E-state index is 12.2. The first-order valence-electron chi connectivity index (χ1n) is 6.94. The number of carbonyl (C=O) groups is 1. The summed E-state index contributed by atoms with van der Waals surface area (Å²) in [5, 5.41) is 14.8. The number of thiazole rings is 1. The molecular formula is C15H20N2O3S. The van der Waals surface area contributed by atoms with Crippen molar-refractivity contribution >= 4 is 17.2 Å². The van der Waals surface area contributed by atoms with Gasteiger partial charge in [-0.15, -0.1) is 11.3 Å². The zero-order valence-electron chi connectivity index (χ0n) is 12.4. The van der Waals surface area contributed by atoms with Crippen LogP contribution in [0.25, 0.3) is 11.5 Å². The summed E-state index contributed by atoms with van der Waals surface area (Å²) in [7, 11) is 0. The molecule has 1 amide bonds. The first-order valence-corrected chi connectivity index (χ1v) is 7.82. The lowest BCUT2D eigenvalue weighted by molar-refractivity contribution is 0.0916. The predicted molar refractivity (Wildman–Crippen MR) is 82.3 cm³/mol. The van der Waals surface area contributed by atoms with E-state index in [0.717, 1.165) is 10.7 Å². The van der Waals surface area contributed by atoms with Crippen LogP contribution in [0.3, 0.4) is 0 Å². The lowest BCUT2D eigenvalue weighted by atomic mass is 10.0. The van der Waals surface area contributed by atoms with Gasteiger partial charge in [0.1, 0.15) is 12.0 Å². The van der Waals surface area contributed by atoms with E-state index < -0.39 is 0 Å². The molecular weight excluding hydrogens is 288 g/mol. The molecule has 2 aromatic heterocycles. The van der Waals surface area contributed by atoms with Crippen molar-refractivity contribution < 1.29 is 14.3 Å². The minimum atomic E-state index is -0.191. The van der Waals surface area contributed by atoms with Gasteiger partial charge in [-0.2, -0.15) is 0 Å². The largest absolute Gasteiger partial charge is 0.462 e. The van der Waals surface area contributed by atoms with Gasteiger partial charge in [-0.1, -0.05) is 13.8 Å². The van der Waals surface area contributed by atoms with Crippen LogP contribution in [0.1, 0.15) is 35.6 Å². The molecule has 2 N–H and O–H groups in total. The molecule has 2 heterocycles. The summed E-state index contributed by atoms with van der Waals surface area (Å²) in [6.07, 6.45) is 1.98. The second-order valence-corrected chi connectivity index (χ2v) is 6.35. The van der Waals surface area contributed by atoms with Crippen LogP contribution < -0.4 is 5.32 Å². The standard InChI is InChI=1S/C15H20N2O3S/c1-9(2)12(4-5-18)17-15(19)11-6-14(20-7-11)13-8-21-10(3)16-13/h6-9,12,18H,4-5H2,1-3H3,(H,17,19). The zero-order valence-corrected chi connectivity index (χ0v) is 13.2. The third-order valence-corrected chi connectivity index (χ3v) is 4.07. The minimum absolute atomic E-state index is 0.0534. The molecule has 0 aliphatic rings. The van der Waals surface area contributed by atoms with E-state index in [4.69, 9.17) is 9.52 Å². The molecule has 1 unspecified atom stereocenters. The van der Waals surface area contributed by atoms with E-state index in [1.165, 1.54) is 17.6 Å². The summed E-state index contributed by atoms with van der Waals surface area (Å²) in [5.74, 6) is 0.658. The number of aliphatic hydroxyl groups is 1. The van der Waals surface area contributed by atoms with Crippen LogP contribution in [0, 0.1) is 12.8 Å². The second kappa shape index (κ2) is 6.87. The van der Waals surface area contributed by atoms with E-state index in [9.17, 15) is 4.79 Å². The number of aromatic nitrogens is 1. The fraction of sp³-hybridized carbons (Fsp3) is 0.467. The van der Waals surface area contributed by atoms with Crippen LogP contribution in [0.5, 0.6) is 0 Å². The number of amides is 1. The molecule has 0 saturated heterocycles. The number of aliphatic hydroxyl groups excluding tert-OH is 1. The van der Waals surface area contributed by atoms with Crippen molar-refractivity contribution in [2.75, 3.05) is 6.61 Å². The molecule has 114 valence electrons. The Morgan fingerprint density at radius 1 is 1.52 bits per heavy atom. The quantitative estimate of drug-likeness (QED) is 0.860. The van der Waals surface area contributed by atoms with Gasteiger partial charge in [-0.05, 0) is 25.3 Å². The topological polar surface area (TPSA) is 75.4 Å². The summed E-state index contributed by atoms with van der Waals surface area (Å²) >= 11 is 1.54. The summed E-state index contributed by atoms with van der Waals surface area (Å²) in [4.78, 5) is 16.5. The second-order valence-electron chi connectivity index (χ2n) is 5.29. The SMILES string of the molecule is Cc1nc(-c2cc(C(=O)NC(CCO)C(C)C)co2)cs1. The number of furan rings is 1. The fourth-order valence-corrected chi connectivity index (χ4v) is 2.63. The van der Waals surface area contributed by atoms with Gasteiger partial charge in [0.15, 0.2) is 5.76 Å². The molecule has 0 fully saturated rings. The molecule has 0 aliphatic carbocycles. The van der Waals surface area contributed by atoms with Gasteiger partial charge in [-0.25, -0.2) is 4.98 Å². The van der Waals surface area contributed by atoms with E-state index in [-0.39, 0.29) is 24.5 Å². The molecule has 0 saturated carbocycles. The lowest BCUT2D eigenvalue weighted by Crippen LogP contribution is -2.39. The number of aryl methyl sites for hydroxylation is 1. The smallest absolute Gasteiger partial charge is 0.254 e. The predicted octanol–water partition coefficient (Wildman–Crippen LogP) is 2.85. The monoisotopic (exact) mass is 308 g/mol. The highest BCUT2D eigenvalue weighted by Gasteiger charge is 2.19. The van der Waals surface area contributed by atoms with Crippen molar-refractivity contribution in [3.05, 3.63) is 28.3 Å². The number of nitrogens with one attached hydrogen (secondary N) is 1. The van der Waals surface area contributed by atoms with Gasteiger partial charge >= 0.3 is 0 Å². The van der Waals surface area contributed by atoms with Gasteiger partial charge in [0.2, 0.25) is 0 Å². The highest BCUT2D eigenvalue weighted by Crippen LogP contribution is 2.23. The minimum Gasteiger partial charge on any atom is -0.462 e. The van der Waals surface area contributed by atoms with Crippen LogP contribution >= 0.6 is 11.3 Å². The average molecular weight is 308 g/mol. The first-order chi connectivity index (χ1) is 10.0. The molecule has 0 radical (unpaired) electrons. The molecule has 2 rings (SSSR count). The highest BCUT2D eigenvalue weighted by molar-refractivity contribution is 7.09. The van der Waals surface area contributed by atoms with Gasteiger partial charge in [-0.3, -0.25) is 4.79 Å². The molecule has 0 aliphatic heterocycles. The molecule has 0 bridgehead atoms. The maximum Gasteiger partial charge on any atom is 0.254 e. The van der Waals surface area contributed by atoms with Gasteiger partial charge in [0.05, 0.1) is 10.6 Å². The Bertz CT molecular complexity index is 604. The molecule has 0 spiro atoms. The van der Waals surface area contributed by atoms with E-state index >= 15 is 0 Å². The first kappa shape index (κ1) is 15.7. The van der Waals surface area contributed by atoms with E-state index in [1.54, 1.807) is 6.07 Å². The van der Waals surface area contributed by atoms with Crippen LogP contribution in [0.4, 0.5) is 0 Å². The maximum absolute atomic E-state index is 12.2. The van der Waals surface area contributed by atoms with E-state index in [0.29, 0.717) is 17.7 Å². The van der Waals surface area contributed by atoms with E-state index in [1.807, 2.05) is 26.2 Å². The fourth-order valence-electron chi connectivity index (χ4n) is 2.03. The van der Waals surface area contributed by atoms with Crippen LogP contribution in [-0.2, 0) is 0 Å². The Morgan fingerprint density at radius 2 is 2.29 bits per heavy atom. The number of carbonyl (C=O) groups excluding carboxylic acids is 1. The van der Waals surface area contributed by atoms with Crippen molar-refractivity contribution in [3.63, 3.8) is 0 Å². The summed E-state index contributed by atoms with van der Waals surface area (Å²) in [6.45, 7) is 6.00. The Hall–Kier alpha value is -1.66. The van der Waals surface area contributed by atoms with Gasteiger partial charge in [0.25, 0.3) is 5.91 Å². The highest BCUT2D eigenvalue weighted by atomic mass is 32.1. The van der Waals surface area contributed by atoms with E-state index in [2.05, 4.69) is 10.3 Å². The van der Waals surface area contributed by atoms with Crippen molar-refractivity contribution in [1.82, 2.24) is 10.3 Å². The number of nitrogens with zero attached hydrogens (tertiary/aromatic N) is 1. The summed E-state index contributed by atoms with van der Waals surface area (Å²) in [5.41, 5.74) is 1.21. The third kappa shape index (κ3) is 3.92. The Kier molecular flexibility index (Phi) is 5.14. The Morgan fingerprint density at radius 3 is 2.86 bits per heavy atom. The lowest BCUT2D eigenvalue weighted by Gasteiger charge is -2.20. The van der Waals surface area contributed by atoms with Crippen LogP contribution in [-0.4, -0.2) is 28.6 Å². The molecule has 0 aromatic carbocycles. The van der Waals surface area contributed by atoms with Gasteiger partial charge < -0.3 is 14.8 Å². The molecule has 2 aromatic rings. The summed E-state index contributed by atoms with van der Waals surface area (Å²) < 4.78 is 5.42. The van der Waals surface area contributed by atoms with Crippen molar-refractivity contribution in [3.8, 4) is 11.5 Å². The van der Waals surface area contributed by atoms with Crippen molar-refractivity contribution in [2.24, 2.45) is 5.92 Å². The molecule has 5 nitrogen and oxygen atoms in total. The molecule has 6 heteroatoms. The molecule has 1 atom stereocenters. The molecule has 21 heavy (non-hydrogen) atoms.